The van der Waals surface area contributed by atoms with E-state index < -0.39 is 22.4 Å². The first-order chi connectivity index (χ1) is 17.4. The molecule has 1 aliphatic carbocycles. The van der Waals surface area contributed by atoms with Crippen molar-refractivity contribution in [3.63, 3.8) is 0 Å². The normalized spacial score (nSPS) is 15.1. The highest BCUT2D eigenvalue weighted by Crippen LogP contribution is 2.35. The van der Waals surface area contributed by atoms with Crippen molar-refractivity contribution in [1.82, 2.24) is 9.97 Å². The number of aromatic nitrogens is 2. The summed E-state index contributed by atoms with van der Waals surface area (Å²) in [7, 11) is 3.05. The molecule has 1 heterocycles. The van der Waals surface area contributed by atoms with E-state index in [-0.39, 0.29) is 30.3 Å². The zero-order valence-electron chi connectivity index (χ0n) is 19.4. The maximum absolute atomic E-state index is 13.4. The summed E-state index contributed by atoms with van der Waals surface area (Å²) in [5, 5.41) is 0.0839. The fourth-order valence-corrected chi connectivity index (χ4v) is 3.72. The zero-order valence-corrected chi connectivity index (χ0v) is 20.2. The molecule has 1 aromatic heterocycles. The summed E-state index contributed by atoms with van der Waals surface area (Å²) < 4.78 is 34.9. The van der Waals surface area contributed by atoms with Gasteiger partial charge in [-0.2, -0.15) is 0 Å². The van der Waals surface area contributed by atoms with E-state index in [2.05, 4.69) is 15.0 Å². The number of nitrogens with zero attached hydrogens (tertiary/aromatic N) is 3. The van der Waals surface area contributed by atoms with Crippen LogP contribution in [-0.4, -0.2) is 54.7 Å². The lowest BCUT2D eigenvalue weighted by Gasteiger charge is -2.17. The average molecular weight is 514 g/mol. The topological polar surface area (TPSA) is 109 Å². The first kappa shape index (κ1) is 25.2. The number of halogens is 2. The van der Waals surface area contributed by atoms with E-state index in [1.165, 1.54) is 31.6 Å². The van der Waals surface area contributed by atoms with Gasteiger partial charge in [0.15, 0.2) is 23.1 Å². The van der Waals surface area contributed by atoms with Gasteiger partial charge in [-0.1, -0.05) is 23.7 Å². The molecule has 0 atom stereocenters. The van der Waals surface area contributed by atoms with Crippen LogP contribution in [0, 0.1) is 5.82 Å². The molecule has 0 saturated heterocycles. The van der Waals surface area contributed by atoms with Gasteiger partial charge in [0.25, 0.3) is 0 Å². The number of allylic oxidation sites excluding steroid dienone is 2. The number of aliphatic imine (C=N–C) groups is 1. The molecule has 0 aliphatic heterocycles. The summed E-state index contributed by atoms with van der Waals surface area (Å²) in [4.78, 5) is 38.3. The average Bonchev–Trinajstić information content (AvgIpc) is 2.87. The second-order valence-corrected chi connectivity index (χ2v) is 7.99. The molecule has 0 amide bonds. The molecule has 0 radical (unpaired) electrons. The van der Waals surface area contributed by atoms with Gasteiger partial charge in [-0.3, -0.25) is 9.59 Å². The second kappa shape index (κ2) is 11.2. The Hall–Kier alpha value is -3.89. The van der Waals surface area contributed by atoms with Crippen LogP contribution >= 0.6 is 11.6 Å². The van der Waals surface area contributed by atoms with Gasteiger partial charge in [0.05, 0.1) is 31.4 Å². The van der Waals surface area contributed by atoms with Crippen molar-refractivity contribution in [2.24, 2.45) is 4.99 Å². The van der Waals surface area contributed by atoms with Crippen LogP contribution in [0.5, 0.6) is 11.5 Å². The third-order valence-corrected chi connectivity index (χ3v) is 5.54. The van der Waals surface area contributed by atoms with Crippen molar-refractivity contribution in [1.29, 1.82) is 0 Å². The molecular weight excluding hydrogens is 493 g/mol. The number of ether oxygens (including phenoxy) is 4. The van der Waals surface area contributed by atoms with Crippen molar-refractivity contribution < 1.29 is 32.9 Å². The second-order valence-electron chi connectivity index (χ2n) is 7.61. The van der Waals surface area contributed by atoms with E-state index in [1.807, 2.05) is 0 Å². The standard InChI is InChI=1S/C25H21ClFN3O6/c1-33-6-7-35-21-11-17-16(9-20(21)34-2)25(29-13-28-17)30-18-10-19(31)24(22(26)23(18)32)36-12-14-4-3-5-15(27)8-14/h3-5,8-9,11,13H,6-7,10,12H2,1-2H3. The number of fused-ring (bicyclic) bond motifs is 1. The molecule has 11 heteroatoms. The maximum atomic E-state index is 13.4. The molecule has 0 bridgehead atoms. The lowest BCUT2D eigenvalue weighted by molar-refractivity contribution is -0.120. The minimum Gasteiger partial charge on any atom is -0.493 e. The zero-order chi connectivity index (χ0) is 25.7. The monoisotopic (exact) mass is 513 g/mol. The molecule has 36 heavy (non-hydrogen) atoms. The summed E-state index contributed by atoms with van der Waals surface area (Å²) in [5.41, 5.74) is 0.883. The SMILES string of the molecule is COCCOc1cc2ncnc(N=C3CC(=O)C(OCc4cccc(F)c4)=C(Cl)C3=O)c2cc1OC. The molecule has 9 nitrogen and oxygen atoms in total. The number of carbonyl (C=O) groups excluding carboxylic acids is 2. The van der Waals surface area contributed by atoms with Crippen LogP contribution in [0.2, 0.25) is 0 Å². The van der Waals surface area contributed by atoms with Gasteiger partial charge in [0, 0.05) is 18.6 Å². The predicted molar refractivity (Wildman–Crippen MR) is 129 cm³/mol. The number of hydrogen-bond acceptors (Lipinski definition) is 9. The number of carbonyl (C=O) groups is 2. The van der Waals surface area contributed by atoms with Crippen molar-refractivity contribution >= 4 is 45.6 Å². The third kappa shape index (κ3) is 5.50. The van der Waals surface area contributed by atoms with E-state index in [0.717, 1.165) is 0 Å². The first-order valence-electron chi connectivity index (χ1n) is 10.8. The number of rotatable bonds is 9. The van der Waals surface area contributed by atoms with E-state index in [0.29, 0.717) is 41.2 Å². The van der Waals surface area contributed by atoms with Gasteiger partial charge in [0.2, 0.25) is 11.6 Å². The number of methoxy groups -OCH3 is 2. The Labute approximate surface area is 210 Å². The number of ketones is 2. The third-order valence-electron chi connectivity index (χ3n) is 5.20. The Kier molecular flexibility index (Phi) is 7.87. The molecule has 0 N–H and O–H groups in total. The molecule has 0 saturated carbocycles. The fraction of sp³-hybridized carbons (Fsp3) is 0.240. The summed E-state index contributed by atoms with van der Waals surface area (Å²) in [6.45, 7) is 0.575. The van der Waals surface area contributed by atoms with E-state index in [4.69, 9.17) is 30.5 Å². The first-order valence-corrected chi connectivity index (χ1v) is 11.2. The predicted octanol–water partition coefficient (Wildman–Crippen LogP) is 4.08. The maximum Gasteiger partial charge on any atom is 0.223 e. The molecule has 0 spiro atoms. The highest BCUT2D eigenvalue weighted by Gasteiger charge is 2.33. The van der Waals surface area contributed by atoms with Gasteiger partial charge in [-0.15, -0.1) is 0 Å². The van der Waals surface area contributed by atoms with Gasteiger partial charge >= 0.3 is 0 Å². The van der Waals surface area contributed by atoms with Gasteiger partial charge in [0.1, 0.15) is 30.4 Å². The number of benzene rings is 2. The molecule has 2 aromatic carbocycles. The van der Waals surface area contributed by atoms with E-state index in [9.17, 15) is 14.0 Å². The molecule has 1 aliphatic rings. The van der Waals surface area contributed by atoms with E-state index in [1.54, 1.807) is 25.3 Å². The van der Waals surface area contributed by atoms with Crippen LogP contribution in [0.1, 0.15) is 12.0 Å². The lowest BCUT2D eigenvalue weighted by Crippen LogP contribution is -2.28. The van der Waals surface area contributed by atoms with Crippen LogP contribution in [0.25, 0.3) is 10.9 Å². The summed E-state index contributed by atoms with van der Waals surface area (Å²) in [6.07, 6.45) is 0.946. The van der Waals surface area contributed by atoms with Gasteiger partial charge < -0.3 is 18.9 Å². The largest absolute Gasteiger partial charge is 0.493 e. The molecule has 0 unspecified atom stereocenters. The lowest BCUT2D eigenvalue weighted by atomic mass is 10.0. The highest BCUT2D eigenvalue weighted by molar-refractivity contribution is 6.63. The summed E-state index contributed by atoms with van der Waals surface area (Å²) in [5.74, 6) is -0.896. The van der Waals surface area contributed by atoms with Gasteiger partial charge in [-0.25, -0.2) is 19.4 Å². The van der Waals surface area contributed by atoms with Crippen molar-refractivity contribution in [3.05, 3.63) is 64.9 Å². The highest BCUT2D eigenvalue weighted by atomic mass is 35.5. The Bertz CT molecular complexity index is 1390. The summed E-state index contributed by atoms with van der Waals surface area (Å²) in [6, 6.07) is 8.99. The number of hydrogen-bond donors (Lipinski definition) is 0. The molecular formula is C25H21ClFN3O6. The molecule has 0 fully saturated rings. The van der Waals surface area contributed by atoms with Crippen molar-refractivity contribution in [2.75, 3.05) is 27.4 Å². The Morgan fingerprint density at radius 3 is 2.64 bits per heavy atom. The Morgan fingerprint density at radius 2 is 1.89 bits per heavy atom. The smallest absolute Gasteiger partial charge is 0.223 e. The van der Waals surface area contributed by atoms with Crippen molar-refractivity contribution in [2.45, 2.75) is 13.0 Å². The van der Waals surface area contributed by atoms with Gasteiger partial charge in [-0.05, 0) is 23.8 Å². The fourth-order valence-electron chi connectivity index (χ4n) is 3.46. The molecule has 3 aromatic rings. The van der Waals surface area contributed by atoms with Crippen LogP contribution in [-0.2, 0) is 25.7 Å². The van der Waals surface area contributed by atoms with Crippen LogP contribution in [0.4, 0.5) is 10.2 Å². The summed E-state index contributed by atoms with van der Waals surface area (Å²) >= 11 is 6.18. The van der Waals surface area contributed by atoms with Crippen LogP contribution in [0.3, 0.4) is 0 Å². The Balaban J connectivity index is 1.62. The quantitative estimate of drug-likeness (QED) is 0.394. The van der Waals surface area contributed by atoms with Crippen molar-refractivity contribution in [3.8, 4) is 11.5 Å². The van der Waals surface area contributed by atoms with E-state index >= 15 is 0 Å². The molecule has 186 valence electrons. The molecule has 4 rings (SSSR count). The minimum absolute atomic E-state index is 0.0949. The minimum atomic E-state index is -0.663. The van der Waals surface area contributed by atoms with Crippen LogP contribution < -0.4 is 9.47 Å². The Morgan fingerprint density at radius 1 is 1.06 bits per heavy atom. The number of Topliss-reactive ketones (excluding diaryl/α,β-unsaturated/α-hetero) is 2. The van der Waals surface area contributed by atoms with Crippen LogP contribution in [0.15, 0.2) is 58.5 Å².